The highest BCUT2D eigenvalue weighted by Crippen LogP contribution is 2.20. The van der Waals surface area contributed by atoms with E-state index < -0.39 is 15.1 Å². The minimum absolute atomic E-state index is 0.00864. The summed E-state index contributed by atoms with van der Waals surface area (Å²) in [5.41, 5.74) is 0.798. The summed E-state index contributed by atoms with van der Waals surface area (Å²) in [4.78, 5) is 18.8. The van der Waals surface area contributed by atoms with Crippen molar-refractivity contribution >= 4 is 31.7 Å². The van der Waals surface area contributed by atoms with E-state index >= 15 is 0 Å². The summed E-state index contributed by atoms with van der Waals surface area (Å²) in [6.45, 7) is 4.47. The molecule has 1 aromatic heterocycles. The second-order valence-corrected chi connectivity index (χ2v) is 10.5. The van der Waals surface area contributed by atoms with Crippen molar-refractivity contribution in [3.05, 3.63) is 52.6 Å². The zero-order chi connectivity index (χ0) is 20.3. The molecular weight excluding hydrogens is 444 g/mol. The lowest BCUT2D eigenvalue weighted by Gasteiger charge is -2.17. The van der Waals surface area contributed by atoms with E-state index in [0.717, 1.165) is 16.5 Å². The molecule has 150 valence electrons. The number of amides is 1. The van der Waals surface area contributed by atoms with Crippen LogP contribution in [0, 0.1) is 0 Å². The molecule has 3 rings (SSSR count). The molecule has 1 atom stereocenters. The Kier molecular flexibility index (Phi) is 6.40. The number of hydrogen-bond donors (Lipinski definition) is 0. The fourth-order valence-electron chi connectivity index (χ4n) is 3.01. The molecule has 2 aromatic rings. The Labute approximate surface area is 174 Å². The summed E-state index contributed by atoms with van der Waals surface area (Å²) in [6, 6.07) is 10.2. The second kappa shape index (κ2) is 8.61. The van der Waals surface area contributed by atoms with Crippen molar-refractivity contribution < 1.29 is 17.9 Å². The first-order valence-electron chi connectivity index (χ1n) is 9.14. The zero-order valence-corrected chi connectivity index (χ0v) is 18.2. The van der Waals surface area contributed by atoms with Gasteiger partial charge in [-0.2, -0.15) is 0 Å². The van der Waals surface area contributed by atoms with Gasteiger partial charge in [0, 0.05) is 29.7 Å². The SMILES string of the molecule is CC(C)S(=O)(=O)c1ccc(CC(=O)N2CCC(Oc3ccc(Br)cn3)C2)cc1. The van der Waals surface area contributed by atoms with Crippen molar-refractivity contribution in [2.24, 2.45) is 0 Å². The Morgan fingerprint density at radius 1 is 1.25 bits per heavy atom. The number of aromatic nitrogens is 1. The first-order valence-corrected chi connectivity index (χ1v) is 11.5. The molecule has 1 amide bonds. The number of carbonyl (C=O) groups is 1. The molecule has 0 radical (unpaired) electrons. The number of halogens is 1. The van der Waals surface area contributed by atoms with Crippen LogP contribution in [-0.2, 0) is 21.1 Å². The van der Waals surface area contributed by atoms with Crippen LogP contribution in [0.4, 0.5) is 0 Å². The lowest BCUT2D eigenvalue weighted by atomic mass is 10.1. The second-order valence-electron chi connectivity index (χ2n) is 7.10. The fraction of sp³-hybridized carbons (Fsp3) is 0.400. The summed E-state index contributed by atoms with van der Waals surface area (Å²) in [5, 5.41) is -0.471. The standard InChI is InChI=1S/C20H23BrN2O4S/c1-14(2)28(25,26)18-6-3-15(4-7-18)11-20(24)23-10-9-17(13-23)27-19-8-5-16(21)12-22-19/h3-8,12,14,17H,9-11,13H2,1-2H3. The van der Waals surface area contributed by atoms with Gasteiger partial charge in [0.05, 0.1) is 23.1 Å². The van der Waals surface area contributed by atoms with E-state index in [4.69, 9.17) is 4.74 Å². The molecule has 0 spiro atoms. The highest BCUT2D eigenvalue weighted by atomic mass is 79.9. The van der Waals surface area contributed by atoms with E-state index in [-0.39, 0.29) is 23.3 Å². The minimum Gasteiger partial charge on any atom is -0.472 e. The number of pyridine rings is 1. The molecule has 28 heavy (non-hydrogen) atoms. The van der Waals surface area contributed by atoms with Crippen LogP contribution in [0.2, 0.25) is 0 Å². The van der Waals surface area contributed by atoms with Crippen LogP contribution in [0.5, 0.6) is 5.88 Å². The number of ether oxygens (including phenoxy) is 1. The van der Waals surface area contributed by atoms with Gasteiger partial charge in [-0.05, 0) is 53.5 Å². The van der Waals surface area contributed by atoms with Crippen LogP contribution in [0.3, 0.4) is 0 Å². The van der Waals surface area contributed by atoms with Gasteiger partial charge in [0.15, 0.2) is 9.84 Å². The number of carbonyl (C=O) groups excluding carboxylic acids is 1. The Morgan fingerprint density at radius 3 is 2.57 bits per heavy atom. The number of sulfone groups is 1. The van der Waals surface area contributed by atoms with Crippen molar-refractivity contribution in [2.75, 3.05) is 13.1 Å². The van der Waals surface area contributed by atoms with E-state index in [9.17, 15) is 13.2 Å². The summed E-state index contributed by atoms with van der Waals surface area (Å²) < 4.78 is 31.1. The molecule has 1 unspecified atom stereocenters. The Balaban J connectivity index is 1.56. The van der Waals surface area contributed by atoms with E-state index in [0.29, 0.717) is 19.0 Å². The molecule has 8 heteroatoms. The van der Waals surface area contributed by atoms with Gasteiger partial charge in [-0.1, -0.05) is 12.1 Å². The third-order valence-electron chi connectivity index (χ3n) is 4.71. The summed E-state index contributed by atoms with van der Waals surface area (Å²) in [7, 11) is -3.30. The number of nitrogens with zero attached hydrogens (tertiary/aromatic N) is 2. The molecule has 1 aliphatic rings. The summed E-state index contributed by atoms with van der Waals surface area (Å²) in [5.74, 6) is 0.554. The molecule has 0 aliphatic carbocycles. The van der Waals surface area contributed by atoms with Crippen LogP contribution in [-0.4, -0.2) is 48.7 Å². The fourth-order valence-corrected chi connectivity index (χ4v) is 4.30. The molecule has 1 aliphatic heterocycles. The van der Waals surface area contributed by atoms with E-state index in [1.165, 1.54) is 0 Å². The first kappa shape index (κ1) is 20.8. The first-order chi connectivity index (χ1) is 13.3. The maximum absolute atomic E-state index is 12.6. The molecule has 1 saturated heterocycles. The molecule has 2 heterocycles. The van der Waals surface area contributed by atoms with Gasteiger partial charge in [0.2, 0.25) is 11.8 Å². The summed E-state index contributed by atoms with van der Waals surface area (Å²) >= 11 is 3.34. The van der Waals surface area contributed by atoms with Gasteiger partial charge < -0.3 is 9.64 Å². The molecule has 1 aromatic carbocycles. The van der Waals surface area contributed by atoms with E-state index in [1.54, 1.807) is 55.3 Å². The van der Waals surface area contributed by atoms with Crippen molar-refractivity contribution in [3.8, 4) is 5.88 Å². The summed E-state index contributed by atoms with van der Waals surface area (Å²) in [6.07, 6.45) is 2.60. The number of rotatable bonds is 6. The van der Waals surface area contributed by atoms with E-state index in [2.05, 4.69) is 20.9 Å². The topological polar surface area (TPSA) is 76.6 Å². The lowest BCUT2D eigenvalue weighted by molar-refractivity contribution is -0.129. The van der Waals surface area contributed by atoms with Gasteiger partial charge in [0.1, 0.15) is 6.10 Å². The molecule has 0 saturated carbocycles. The van der Waals surface area contributed by atoms with Crippen LogP contribution < -0.4 is 4.74 Å². The lowest BCUT2D eigenvalue weighted by Crippen LogP contribution is -2.32. The maximum Gasteiger partial charge on any atom is 0.227 e. The highest BCUT2D eigenvalue weighted by molar-refractivity contribution is 9.10. The molecule has 1 fully saturated rings. The number of likely N-dealkylation sites (tertiary alicyclic amines) is 1. The van der Waals surface area contributed by atoms with Crippen molar-refractivity contribution in [2.45, 2.75) is 42.9 Å². The normalized spacial score (nSPS) is 17.1. The van der Waals surface area contributed by atoms with Gasteiger partial charge in [-0.3, -0.25) is 4.79 Å². The van der Waals surface area contributed by atoms with Crippen molar-refractivity contribution in [1.29, 1.82) is 0 Å². The van der Waals surface area contributed by atoms with Gasteiger partial charge in [-0.15, -0.1) is 0 Å². The van der Waals surface area contributed by atoms with Crippen LogP contribution in [0.1, 0.15) is 25.8 Å². The third-order valence-corrected chi connectivity index (χ3v) is 7.35. The van der Waals surface area contributed by atoms with Gasteiger partial charge in [0.25, 0.3) is 0 Å². The smallest absolute Gasteiger partial charge is 0.227 e. The number of hydrogen-bond acceptors (Lipinski definition) is 5. The van der Waals surface area contributed by atoms with Gasteiger partial charge in [-0.25, -0.2) is 13.4 Å². The average molecular weight is 467 g/mol. The Hall–Kier alpha value is -1.93. The quantitative estimate of drug-likeness (QED) is 0.652. The maximum atomic E-state index is 12.6. The highest BCUT2D eigenvalue weighted by Gasteiger charge is 2.28. The molecular formula is C20H23BrN2O4S. The van der Waals surface area contributed by atoms with Crippen molar-refractivity contribution in [1.82, 2.24) is 9.88 Å². The van der Waals surface area contributed by atoms with Crippen LogP contribution >= 0.6 is 15.9 Å². The molecule has 6 nitrogen and oxygen atoms in total. The predicted molar refractivity (Wildman–Crippen MR) is 110 cm³/mol. The van der Waals surface area contributed by atoms with Crippen molar-refractivity contribution in [3.63, 3.8) is 0 Å². The Morgan fingerprint density at radius 2 is 1.96 bits per heavy atom. The zero-order valence-electron chi connectivity index (χ0n) is 15.8. The minimum atomic E-state index is -3.30. The molecule has 0 N–H and O–H groups in total. The van der Waals surface area contributed by atoms with Crippen LogP contribution in [0.25, 0.3) is 0 Å². The van der Waals surface area contributed by atoms with Crippen LogP contribution in [0.15, 0.2) is 52.0 Å². The van der Waals surface area contributed by atoms with E-state index in [1.807, 2.05) is 6.07 Å². The average Bonchev–Trinajstić information content (AvgIpc) is 3.12. The van der Waals surface area contributed by atoms with Gasteiger partial charge >= 0.3 is 0 Å². The number of benzene rings is 1. The third kappa shape index (κ3) is 4.91. The monoisotopic (exact) mass is 466 g/mol. The largest absolute Gasteiger partial charge is 0.472 e. The predicted octanol–water partition coefficient (Wildman–Crippen LogP) is 3.25. The Bertz CT molecular complexity index is 928. The molecule has 0 bridgehead atoms.